The Balaban J connectivity index is 1.83. The fourth-order valence-corrected chi connectivity index (χ4v) is 3.51. The molecule has 0 spiro atoms. The summed E-state index contributed by atoms with van der Waals surface area (Å²) in [6.45, 7) is 0.444. The monoisotopic (exact) mass is 288 g/mol. The average molecular weight is 288 g/mol. The van der Waals surface area contributed by atoms with Crippen LogP contribution < -0.4 is 11.1 Å². The molecule has 20 heavy (non-hydrogen) atoms. The highest BCUT2D eigenvalue weighted by molar-refractivity contribution is 5.79. The van der Waals surface area contributed by atoms with Gasteiger partial charge in [0.1, 0.15) is 0 Å². The van der Waals surface area contributed by atoms with Gasteiger partial charge in [-0.2, -0.15) is 0 Å². The Bertz CT molecular complexity index is 320. The molecule has 2 aliphatic rings. The van der Waals surface area contributed by atoms with E-state index in [0.29, 0.717) is 25.3 Å². The van der Waals surface area contributed by atoms with Gasteiger partial charge in [-0.05, 0) is 31.6 Å². The lowest BCUT2D eigenvalue weighted by Gasteiger charge is -2.33. The largest absolute Gasteiger partial charge is 0.352 e. The number of hydrogen-bond acceptors (Lipinski definition) is 2. The minimum absolute atomic E-state index is 0.0187. The first-order valence-electron chi connectivity index (χ1n) is 7.90. The van der Waals surface area contributed by atoms with Crippen molar-refractivity contribution in [1.29, 1.82) is 0 Å². The third-order valence-corrected chi connectivity index (χ3v) is 4.89. The highest BCUT2D eigenvalue weighted by Crippen LogP contribution is 2.36. The Hall–Kier alpha value is -0.710. The molecule has 2 saturated carbocycles. The maximum atomic E-state index is 13.1. The van der Waals surface area contributed by atoms with Crippen LogP contribution in [0.3, 0.4) is 0 Å². The predicted molar refractivity (Wildman–Crippen MR) is 74.5 cm³/mol. The highest BCUT2D eigenvalue weighted by Gasteiger charge is 2.38. The summed E-state index contributed by atoms with van der Waals surface area (Å²) in [5.41, 5.74) is 5.79. The molecule has 1 unspecified atom stereocenters. The van der Waals surface area contributed by atoms with Crippen LogP contribution in [0.5, 0.6) is 0 Å². The lowest BCUT2D eigenvalue weighted by molar-refractivity contribution is -0.130. The van der Waals surface area contributed by atoms with E-state index in [0.717, 1.165) is 12.8 Å². The van der Waals surface area contributed by atoms with Crippen molar-refractivity contribution >= 4 is 5.91 Å². The Morgan fingerprint density at radius 1 is 1.15 bits per heavy atom. The molecule has 0 heterocycles. The third kappa shape index (κ3) is 4.14. The lowest BCUT2D eigenvalue weighted by Crippen LogP contribution is -2.48. The number of amides is 1. The molecule has 0 aromatic carbocycles. The molecule has 3 N–H and O–H groups in total. The van der Waals surface area contributed by atoms with Gasteiger partial charge in [-0.25, -0.2) is 8.78 Å². The standard InChI is InChI=1S/C15H26F2N2O/c16-15(17)8-6-12(7-9-15)14(20)19-13(10-18)11-4-2-1-3-5-11/h11-13H,1-10,18H2,(H,19,20). The number of nitrogens with one attached hydrogen (secondary N) is 1. The highest BCUT2D eigenvalue weighted by atomic mass is 19.3. The molecule has 116 valence electrons. The normalized spacial score (nSPS) is 26.1. The molecular weight excluding hydrogens is 262 g/mol. The molecule has 0 saturated heterocycles. The molecule has 1 amide bonds. The van der Waals surface area contributed by atoms with Gasteiger partial charge in [0.25, 0.3) is 0 Å². The Morgan fingerprint density at radius 2 is 1.75 bits per heavy atom. The van der Waals surface area contributed by atoms with E-state index in [-0.39, 0.29) is 30.7 Å². The van der Waals surface area contributed by atoms with Gasteiger partial charge < -0.3 is 11.1 Å². The Labute approximate surface area is 119 Å². The van der Waals surface area contributed by atoms with Crippen LogP contribution in [-0.4, -0.2) is 24.4 Å². The van der Waals surface area contributed by atoms with Crippen LogP contribution in [0, 0.1) is 11.8 Å². The van der Waals surface area contributed by atoms with E-state index in [4.69, 9.17) is 5.73 Å². The molecular formula is C15H26F2N2O. The van der Waals surface area contributed by atoms with Gasteiger partial charge >= 0.3 is 0 Å². The molecule has 3 nitrogen and oxygen atoms in total. The summed E-state index contributed by atoms with van der Waals surface area (Å²) in [4.78, 5) is 12.2. The van der Waals surface area contributed by atoms with Gasteiger partial charge in [-0.1, -0.05) is 19.3 Å². The van der Waals surface area contributed by atoms with Crippen molar-refractivity contribution in [3.63, 3.8) is 0 Å². The molecule has 0 aromatic heterocycles. The van der Waals surface area contributed by atoms with Crippen LogP contribution in [0.25, 0.3) is 0 Å². The second-order valence-electron chi connectivity index (χ2n) is 6.38. The van der Waals surface area contributed by atoms with Gasteiger partial charge in [0.15, 0.2) is 0 Å². The Kier molecular flexibility index (Phi) is 5.35. The number of halogens is 2. The van der Waals surface area contributed by atoms with Gasteiger partial charge in [-0.3, -0.25) is 4.79 Å². The van der Waals surface area contributed by atoms with Crippen LogP contribution in [0.2, 0.25) is 0 Å². The van der Waals surface area contributed by atoms with Crippen LogP contribution in [-0.2, 0) is 4.79 Å². The second kappa shape index (κ2) is 6.83. The number of carbonyl (C=O) groups is 1. The van der Waals surface area contributed by atoms with Crippen molar-refractivity contribution in [3.8, 4) is 0 Å². The van der Waals surface area contributed by atoms with Crippen LogP contribution in [0.1, 0.15) is 57.8 Å². The van der Waals surface area contributed by atoms with Gasteiger partial charge in [0.2, 0.25) is 11.8 Å². The third-order valence-electron chi connectivity index (χ3n) is 4.89. The average Bonchev–Trinajstić information content (AvgIpc) is 2.45. The van der Waals surface area contributed by atoms with Crippen molar-refractivity contribution in [2.45, 2.75) is 69.8 Å². The van der Waals surface area contributed by atoms with Crippen molar-refractivity contribution < 1.29 is 13.6 Å². The van der Waals surface area contributed by atoms with E-state index in [9.17, 15) is 13.6 Å². The van der Waals surface area contributed by atoms with Crippen molar-refractivity contribution in [3.05, 3.63) is 0 Å². The molecule has 2 rings (SSSR count). The zero-order chi connectivity index (χ0) is 14.6. The van der Waals surface area contributed by atoms with Crippen molar-refractivity contribution in [2.75, 3.05) is 6.54 Å². The molecule has 0 radical (unpaired) electrons. The molecule has 1 atom stereocenters. The van der Waals surface area contributed by atoms with E-state index in [2.05, 4.69) is 5.32 Å². The van der Waals surface area contributed by atoms with Crippen molar-refractivity contribution in [1.82, 2.24) is 5.32 Å². The van der Waals surface area contributed by atoms with E-state index in [1.165, 1.54) is 19.3 Å². The fraction of sp³-hybridized carbons (Fsp3) is 0.933. The molecule has 2 aliphatic carbocycles. The topological polar surface area (TPSA) is 55.1 Å². The van der Waals surface area contributed by atoms with Gasteiger partial charge in [0, 0.05) is 31.3 Å². The maximum Gasteiger partial charge on any atom is 0.248 e. The number of nitrogens with two attached hydrogens (primary N) is 1. The summed E-state index contributed by atoms with van der Waals surface area (Å²) < 4.78 is 26.2. The van der Waals surface area contributed by atoms with Crippen molar-refractivity contribution in [2.24, 2.45) is 17.6 Å². The zero-order valence-electron chi connectivity index (χ0n) is 12.0. The first-order valence-corrected chi connectivity index (χ1v) is 7.90. The lowest BCUT2D eigenvalue weighted by atomic mass is 9.82. The first kappa shape index (κ1) is 15.7. The number of carbonyl (C=O) groups excluding carboxylic acids is 1. The smallest absolute Gasteiger partial charge is 0.248 e. The molecule has 0 aliphatic heterocycles. The van der Waals surface area contributed by atoms with Crippen LogP contribution >= 0.6 is 0 Å². The van der Waals surface area contributed by atoms with E-state index < -0.39 is 5.92 Å². The second-order valence-corrected chi connectivity index (χ2v) is 6.38. The summed E-state index contributed by atoms with van der Waals surface area (Å²) in [5.74, 6) is -2.44. The summed E-state index contributed by atoms with van der Waals surface area (Å²) in [6, 6.07) is 0.0187. The summed E-state index contributed by atoms with van der Waals surface area (Å²) in [7, 11) is 0. The molecule has 2 fully saturated rings. The van der Waals surface area contributed by atoms with Gasteiger partial charge in [0.05, 0.1) is 0 Å². The quantitative estimate of drug-likeness (QED) is 0.835. The number of rotatable bonds is 4. The predicted octanol–water partition coefficient (Wildman–Crippen LogP) is 2.84. The van der Waals surface area contributed by atoms with E-state index in [1.807, 2.05) is 0 Å². The number of hydrogen-bond donors (Lipinski definition) is 2. The van der Waals surface area contributed by atoms with Gasteiger partial charge in [-0.15, -0.1) is 0 Å². The summed E-state index contributed by atoms with van der Waals surface area (Å²) in [6.07, 6.45) is 6.15. The molecule has 0 bridgehead atoms. The summed E-state index contributed by atoms with van der Waals surface area (Å²) >= 11 is 0. The zero-order valence-corrected chi connectivity index (χ0v) is 12.0. The maximum absolute atomic E-state index is 13.1. The first-order chi connectivity index (χ1) is 9.52. The SMILES string of the molecule is NCC(NC(=O)C1CCC(F)(F)CC1)C1CCCCC1. The minimum atomic E-state index is -2.58. The molecule has 0 aromatic rings. The van der Waals surface area contributed by atoms with E-state index >= 15 is 0 Å². The number of alkyl halides is 2. The molecule has 5 heteroatoms. The fourth-order valence-electron chi connectivity index (χ4n) is 3.51. The van der Waals surface area contributed by atoms with E-state index in [1.54, 1.807) is 0 Å². The Morgan fingerprint density at radius 3 is 2.30 bits per heavy atom. The summed E-state index contributed by atoms with van der Waals surface area (Å²) in [5, 5.41) is 3.02. The minimum Gasteiger partial charge on any atom is -0.352 e. The van der Waals surface area contributed by atoms with Crippen LogP contribution in [0.15, 0.2) is 0 Å². The van der Waals surface area contributed by atoms with Crippen LogP contribution in [0.4, 0.5) is 8.78 Å².